The van der Waals surface area contributed by atoms with Gasteiger partial charge in [-0.15, -0.1) is 0 Å². The van der Waals surface area contributed by atoms with Gasteiger partial charge in [-0.05, 0) is 60.2 Å². The van der Waals surface area contributed by atoms with Crippen LogP contribution in [-0.4, -0.2) is 33.7 Å². The molecule has 0 saturated heterocycles. The molecule has 1 amide bonds. The number of para-hydroxylation sites is 1. The lowest BCUT2D eigenvalue weighted by molar-refractivity contribution is -0.115. The summed E-state index contributed by atoms with van der Waals surface area (Å²) in [5.41, 5.74) is 5.01. The Kier molecular flexibility index (Phi) is 7.96. The van der Waals surface area contributed by atoms with Gasteiger partial charge in [-0.1, -0.05) is 72.4 Å². The van der Waals surface area contributed by atoms with Crippen molar-refractivity contribution < 1.29 is 24.2 Å². The van der Waals surface area contributed by atoms with Crippen molar-refractivity contribution in [2.24, 2.45) is 0 Å². The second-order valence-electron chi connectivity index (χ2n) is 10.6. The van der Waals surface area contributed by atoms with Gasteiger partial charge in [0.25, 0.3) is 0 Å². The third-order valence-electron chi connectivity index (χ3n) is 7.61. The van der Waals surface area contributed by atoms with Gasteiger partial charge in [0.15, 0.2) is 11.5 Å². The van der Waals surface area contributed by atoms with Crippen LogP contribution in [0, 0.1) is 11.3 Å². The van der Waals surface area contributed by atoms with Gasteiger partial charge in [-0.3, -0.25) is 4.79 Å². The van der Waals surface area contributed by atoms with E-state index in [4.69, 9.17) is 14.5 Å². The minimum Gasteiger partial charge on any atom is -0.478 e. The van der Waals surface area contributed by atoms with Gasteiger partial charge in [0.2, 0.25) is 12.7 Å². The number of nitrogens with one attached hydrogen (secondary N) is 1. The molecule has 0 spiro atoms. The molecule has 0 aliphatic carbocycles. The number of anilines is 1. The van der Waals surface area contributed by atoms with Crippen LogP contribution in [-0.2, 0) is 4.79 Å². The molecule has 10 heteroatoms. The number of carbonyl (C=O) groups is 2. The summed E-state index contributed by atoms with van der Waals surface area (Å²) in [7, 11) is 0. The van der Waals surface area contributed by atoms with E-state index in [1.54, 1.807) is 60.7 Å². The van der Waals surface area contributed by atoms with Gasteiger partial charge in [0.1, 0.15) is 16.3 Å². The second-order valence-corrected chi connectivity index (χ2v) is 11.7. The molecule has 7 rings (SSSR count). The molecule has 4 aromatic carbocycles. The van der Waals surface area contributed by atoms with Gasteiger partial charge >= 0.3 is 5.97 Å². The van der Waals surface area contributed by atoms with Crippen LogP contribution in [0.5, 0.6) is 11.5 Å². The SMILES string of the molecule is N#Cc1ccc(-c2ccc3c(c2)OCO3)nc1SC(C(=O)Nc1ccc(-c2cc(C(=O)O)c3ccccc3n2)cc1)c1ccccc1. The first-order valence-electron chi connectivity index (χ1n) is 14.5. The van der Waals surface area contributed by atoms with Crippen LogP contribution in [0.25, 0.3) is 33.4 Å². The van der Waals surface area contributed by atoms with E-state index in [0.717, 1.165) is 11.1 Å². The summed E-state index contributed by atoms with van der Waals surface area (Å²) in [6.07, 6.45) is 0. The van der Waals surface area contributed by atoms with E-state index in [2.05, 4.69) is 16.4 Å². The zero-order valence-corrected chi connectivity index (χ0v) is 25.4. The van der Waals surface area contributed by atoms with Gasteiger partial charge in [-0.25, -0.2) is 14.8 Å². The summed E-state index contributed by atoms with van der Waals surface area (Å²) < 4.78 is 10.9. The third-order valence-corrected chi connectivity index (χ3v) is 8.87. The number of pyridine rings is 2. The van der Waals surface area contributed by atoms with Gasteiger partial charge < -0.3 is 19.9 Å². The normalized spacial score (nSPS) is 12.3. The molecule has 2 N–H and O–H groups in total. The number of carbonyl (C=O) groups excluding carboxylic acids is 1. The van der Waals surface area contributed by atoms with Crippen LogP contribution in [0.1, 0.15) is 26.7 Å². The Labute approximate surface area is 273 Å². The summed E-state index contributed by atoms with van der Waals surface area (Å²) in [6, 6.07) is 36.2. The number of rotatable bonds is 8. The number of aromatic nitrogens is 2. The number of amides is 1. The molecule has 0 radical (unpaired) electrons. The fourth-order valence-electron chi connectivity index (χ4n) is 5.28. The predicted octanol–water partition coefficient (Wildman–Crippen LogP) is 7.73. The average molecular weight is 637 g/mol. The number of hydrogen-bond donors (Lipinski definition) is 2. The number of ether oxygens (including phenoxy) is 2. The van der Waals surface area contributed by atoms with E-state index in [1.165, 1.54) is 11.8 Å². The monoisotopic (exact) mass is 636 g/mol. The van der Waals surface area contributed by atoms with Crippen LogP contribution in [0.4, 0.5) is 5.69 Å². The lowest BCUT2D eigenvalue weighted by atomic mass is 10.0. The van der Waals surface area contributed by atoms with Crippen molar-refractivity contribution in [3.8, 4) is 40.1 Å². The molecule has 3 heterocycles. The van der Waals surface area contributed by atoms with Crippen molar-refractivity contribution >= 4 is 40.2 Å². The maximum absolute atomic E-state index is 13.9. The second kappa shape index (κ2) is 12.7. The molecule has 1 aliphatic heterocycles. The average Bonchev–Trinajstić information content (AvgIpc) is 3.59. The zero-order chi connectivity index (χ0) is 32.3. The molecule has 47 heavy (non-hydrogen) atoms. The molecule has 0 fully saturated rings. The molecule has 0 bridgehead atoms. The first kappa shape index (κ1) is 29.5. The highest BCUT2D eigenvalue weighted by Crippen LogP contribution is 2.40. The molecule has 6 aromatic rings. The van der Waals surface area contributed by atoms with Crippen LogP contribution in [0.15, 0.2) is 120 Å². The van der Waals surface area contributed by atoms with Crippen LogP contribution in [0.3, 0.4) is 0 Å². The van der Waals surface area contributed by atoms with E-state index < -0.39 is 11.2 Å². The van der Waals surface area contributed by atoms with E-state index in [0.29, 0.717) is 55.6 Å². The number of carboxylic acids is 1. The third kappa shape index (κ3) is 6.08. The quantitative estimate of drug-likeness (QED) is 0.161. The smallest absolute Gasteiger partial charge is 0.336 e. The number of carboxylic acid groups (broad SMARTS) is 1. The van der Waals surface area contributed by atoms with E-state index in [1.807, 2.05) is 54.6 Å². The van der Waals surface area contributed by atoms with Crippen molar-refractivity contribution in [2.75, 3.05) is 12.1 Å². The minimum atomic E-state index is -1.03. The maximum Gasteiger partial charge on any atom is 0.336 e. The Morgan fingerprint density at radius 1 is 0.809 bits per heavy atom. The topological polar surface area (TPSA) is 134 Å². The Hall–Kier alpha value is -6.18. The lowest BCUT2D eigenvalue weighted by Gasteiger charge is -2.18. The molecule has 9 nitrogen and oxygen atoms in total. The van der Waals surface area contributed by atoms with E-state index >= 15 is 0 Å². The Morgan fingerprint density at radius 2 is 1.55 bits per heavy atom. The number of benzene rings is 4. The number of aromatic carboxylic acids is 1. The van der Waals surface area contributed by atoms with Crippen molar-refractivity contribution in [1.29, 1.82) is 5.26 Å². The van der Waals surface area contributed by atoms with Gasteiger partial charge in [0.05, 0.1) is 28.0 Å². The number of hydrogen-bond acceptors (Lipinski definition) is 8. The Morgan fingerprint density at radius 3 is 2.34 bits per heavy atom. The van der Waals surface area contributed by atoms with Crippen LogP contribution >= 0.6 is 11.8 Å². The lowest BCUT2D eigenvalue weighted by Crippen LogP contribution is -2.19. The predicted molar refractivity (Wildman–Crippen MR) is 178 cm³/mol. The highest BCUT2D eigenvalue weighted by atomic mass is 32.2. The number of nitrogens with zero attached hydrogens (tertiary/aromatic N) is 3. The largest absolute Gasteiger partial charge is 0.478 e. The van der Waals surface area contributed by atoms with Crippen LogP contribution in [0.2, 0.25) is 0 Å². The van der Waals surface area contributed by atoms with Crippen molar-refractivity contribution in [1.82, 2.24) is 9.97 Å². The summed E-state index contributed by atoms with van der Waals surface area (Å²) in [4.78, 5) is 35.3. The van der Waals surface area contributed by atoms with Crippen LogP contribution < -0.4 is 14.8 Å². The highest BCUT2D eigenvalue weighted by Gasteiger charge is 2.25. The molecule has 1 atom stereocenters. The minimum absolute atomic E-state index is 0.156. The number of nitriles is 1. The molecule has 1 aliphatic rings. The first-order chi connectivity index (χ1) is 23.0. The first-order valence-corrected chi connectivity index (χ1v) is 15.4. The fourth-order valence-corrected chi connectivity index (χ4v) is 6.35. The van der Waals surface area contributed by atoms with E-state index in [-0.39, 0.29) is 18.3 Å². The Bertz CT molecular complexity index is 2200. The van der Waals surface area contributed by atoms with Crippen molar-refractivity contribution in [2.45, 2.75) is 10.3 Å². The molecule has 228 valence electrons. The number of fused-ring (bicyclic) bond motifs is 2. The van der Waals surface area contributed by atoms with Crippen molar-refractivity contribution in [3.05, 3.63) is 132 Å². The summed E-state index contributed by atoms with van der Waals surface area (Å²) in [5.74, 6) is -0.0581. The van der Waals surface area contributed by atoms with E-state index in [9.17, 15) is 20.0 Å². The summed E-state index contributed by atoms with van der Waals surface area (Å²) >= 11 is 1.19. The standard InChI is InChI=1S/C37H24N4O5S/c38-20-25-12-16-29(24-13-17-32-33(18-24)46-21-45-32)41-36(25)47-34(23-6-2-1-3-7-23)35(42)39-26-14-10-22(11-15-26)31-19-28(37(43)44)27-8-4-5-9-30(27)40-31/h1-19,34H,21H2,(H,39,42)(H,43,44). The Balaban J connectivity index is 1.16. The molecule has 0 saturated carbocycles. The molecular formula is C37H24N4O5S. The highest BCUT2D eigenvalue weighted by molar-refractivity contribution is 8.00. The number of thioether (sulfide) groups is 1. The molecular weight excluding hydrogens is 612 g/mol. The maximum atomic E-state index is 13.9. The van der Waals surface area contributed by atoms with Crippen molar-refractivity contribution in [3.63, 3.8) is 0 Å². The van der Waals surface area contributed by atoms with Gasteiger partial charge in [0, 0.05) is 22.2 Å². The molecule has 2 aromatic heterocycles. The fraction of sp³-hybridized carbons (Fsp3) is 0.0541. The summed E-state index contributed by atoms with van der Waals surface area (Å²) in [5, 5.41) is 22.9. The van der Waals surface area contributed by atoms with Gasteiger partial charge in [-0.2, -0.15) is 5.26 Å². The summed E-state index contributed by atoms with van der Waals surface area (Å²) in [6.45, 7) is 0.156. The molecule has 1 unspecified atom stereocenters. The zero-order valence-electron chi connectivity index (χ0n) is 24.6.